The van der Waals surface area contributed by atoms with Gasteiger partial charge in [-0.2, -0.15) is 4.31 Å². The highest BCUT2D eigenvalue weighted by molar-refractivity contribution is 7.98. The number of carbonyl (C=O) groups excluding carboxylic acids is 1. The summed E-state index contributed by atoms with van der Waals surface area (Å²) in [5.74, 6) is -0.201. The molecular formula is C23H30N4O3S3. The number of hydrogen-bond acceptors (Lipinski definition) is 7. The van der Waals surface area contributed by atoms with E-state index in [2.05, 4.69) is 6.07 Å². The fourth-order valence-corrected chi connectivity index (χ4v) is 6.36. The number of amides is 1. The van der Waals surface area contributed by atoms with Gasteiger partial charge in [-0.05, 0) is 62.8 Å². The second-order valence-corrected chi connectivity index (χ2v) is 11.5. The largest absolute Gasteiger partial charge is 0.308 e. The Kier molecular flexibility index (Phi) is 8.52. The number of benzene rings is 2. The Labute approximate surface area is 204 Å². The van der Waals surface area contributed by atoms with Crippen molar-refractivity contribution in [3.05, 3.63) is 48.0 Å². The highest BCUT2D eigenvalue weighted by Gasteiger charge is 2.24. The van der Waals surface area contributed by atoms with Crippen molar-refractivity contribution in [3.63, 3.8) is 0 Å². The molecule has 3 rings (SSSR count). The highest BCUT2D eigenvalue weighted by atomic mass is 32.2. The van der Waals surface area contributed by atoms with E-state index in [0.717, 1.165) is 15.1 Å². The lowest BCUT2D eigenvalue weighted by molar-refractivity contribution is 0.0985. The topological polar surface area (TPSA) is 73.8 Å². The van der Waals surface area contributed by atoms with Gasteiger partial charge in [-0.3, -0.25) is 9.69 Å². The van der Waals surface area contributed by atoms with Gasteiger partial charge in [-0.15, -0.1) is 11.8 Å². The minimum atomic E-state index is -3.57. The summed E-state index contributed by atoms with van der Waals surface area (Å²) in [4.78, 5) is 23.2. The number of thiazole rings is 1. The van der Waals surface area contributed by atoms with Gasteiger partial charge in [-0.25, -0.2) is 13.4 Å². The van der Waals surface area contributed by atoms with Gasteiger partial charge in [-0.1, -0.05) is 25.2 Å². The normalized spacial score (nSPS) is 12.1. The lowest BCUT2D eigenvalue weighted by Gasteiger charge is -2.22. The molecule has 0 atom stereocenters. The van der Waals surface area contributed by atoms with Gasteiger partial charge in [0.05, 0.1) is 15.1 Å². The van der Waals surface area contributed by atoms with E-state index >= 15 is 0 Å². The second-order valence-electron chi connectivity index (χ2n) is 7.70. The van der Waals surface area contributed by atoms with Crippen molar-refractivity contribution in [2.24, 2.45) is 0 Å². The maximum Gasteiger partial charge on any atom is 0.260 e. The van der Waals surface area contributed by atoms with E-state index in [-0.39, 0.29) is 10.8 Å². The van der Waals surface area contributed by atoms with Crippen molar-refractivity contribution in [2.45, 2.75) is 23.6 Å². The quantitative estimate of drug-likeness (QED) is 0.383. The molecule has 1 amide bonds. The molecule has 0 aliphatic rings. The van der Waals surface area contributed by atoms with Crippen LogP contribution in [0.4, 0.5) is 5.13 Å². The van der Waals surface area contributed by atoms with E-state index in [1.807, 2.05) is 51.2 Å². The smallest absolute Gasteiger partial charge is 0.260 e. The molecule has 1 aromatic heterocycles. The van der Waals surface area contributed by atoms with Crippen LogP contribution in [0.1, 0.15) is 24.2 Å². The molecule has 0 saturated carbocycles. The number of fused-ring (bicyclic) bond motifs is 1. The SMILES string of the molecule is CCN(CC)S(=O)(=O)c1ccc(C(=O)N(CCN(C)C)c2nc3ccc(SC)cc3s2)cc1. The number of thioether (sulfide) groups is 1. The highest BCUT2D eigenvalue weighted by Crippen LogP contribution is 2.32. The van der Waals surface area contributed by atoms with Crippen molar-refractivity contribution in [1.29, 1.82) is 0 Å². The van der Waals surface area contributed by atoms with Crippen LogP contribution in [-0.2, 0) is 10.0 Å². The predicted molar refractivity (Wildman–Crippen MR) is 138 cm³/mol. The molecule has 3 aromatic rings. The zero-order valence-corrected chi connectivity index (χ0v) is 22.1. The number of nitrogens with zero attached hydrogens (tertiary/aromatic N) is 4. The van der Waals surface area contributed by atoms with Crippen LogP contribution < -0.4 is 4.90 Å². The number of likely N-dealkylation sites (N-methyl/N-ethyl adjacent to an activating group) is 1. The first kappa shape index (κ1) is 25.6. The predicted octanol–water partition coefficient (Wildman–Crippen LogP) is 4.26. The lowest BCUT2D eigenvalue weighted by atomic mass is 10.2. The van der Waals surface area contributed by atoms with Crippen LogP contribution in [-0.4, -0.2) is 75.0 Å². The van der Waals surface area contributed by atoms with E-state index in [9.17, 15) is 13.2 Å². The first-order valence-electron chi connectivity index (χ1n) is 10.7. The molecular weight excluding hydrogens is 476 g/mol. The molecule has 1 heterocycles. The molecule has 10 heteroatoms. The van der Waals surface area contributed by atoms with Gasteiger partial charge in [0.1, 0.15) is 0 Å². The van der Waals surface area contributed by atoms with Crippen LogP contribution >= 0.6 is 23.1 Å². The first-order valence-corrected chi connectivity index (χ1v) is 14.2. The minimum Gasteiger partial charge on any atom is -0.308 e. The lowest BCUT2D eigenvalue weighted by Crippen LogP contribution is -2.36. The Morgan fingerprint density at radius 1 is 1.03 bits per heavy atom. The average molecular weight is 507 g/mol. The molecule has 0 aliphatic carbocycles. The van der Waals surface area contributed by atoms with Gasteiger partial charge in [0.25, 0.3) is 5.91 Å². The summed E-state index contributed by atoms with van der Waals surface area (Å²) < 4.78 is 28.0. The van der Waals surface area contributed by atoms with E-state index < -0.39 is 10.0 Å². The maximum atomic E-state index is 13.5. The number of anilines is 1. The minimum absolute atomic E-state index is 0.187. The molecule has 0 fully saturated rings. The van der Waals surface area contributed by atoms with Crippen molar-refractivity contribution >= 4 is 54.4 Å². The Morgan fingerprint density at radius 3 is 2.27 bits per heavy atom. The summed E-state index contributed by atoms with van der Waals surface area (Å²) in [6.07, 6.45) is 2.03. The van der Waals surface area contributed by atoms with Crippen molar-refractivity contribution in [2.75, 3.05) is 51.4 Å². The van der Waals surface area contributed by atoms with Crippen LogP contribution in [0.5, 0.6) is 0 Å². The number of carbonyl (C=O) groups is 1. The van der Waals surface area contributed by atoms with Gasteiger partial charge in [0, 0.05) is 36.6 Å². The fourth-order valence-electron chi connectivity index (χ4n) is 3.36. The molecule has 33 heavy (non-hydrogen) atoms. The monoisotopic (exact) mass is 506 g/mol. The zero-order chi connectivity index (χ0) is 24.2. The Morgan fingerprint density at radius 2 is 1.70 bits per heavy atom. The molecule has 0 radical (unpaired) electrons. The van der Waals surface area contributed by atoms with Gasteiger partial charge in [0.2, 0.25) is 10.0 Å². The molecule has 2 aromatic carbocycles. The third-order valence-corrected chi connectivity index (χ3v) is 9.11. The molecule has 0 bridgehead atoms. The Hall–Kier alpha value is -1.98. The molecule has 0 unspecified atom stereocenters. The maximum absolute atomic E-state index is 13.5. The summed E-state index contributed by atoms with van der Waals surface area (Å²) in [5.41, 5.74) is 1.28. The summed E-state index contributed by atoms with van der Waals surface area (Å²) in [7, 11) is 0.342. The van der Waals surface area contributed by atoms with Crippen molar-refractivity contribution in [3.8, 4) is 0 Å². The third kappa shape index (κ3) is 5.75. The van der Waals surface area contributed by atoms with Crippen molar-refractivity contribution < 1.29 is 13.2 Å². The van der Waals surface area contributed by atoms with Crippen LogP contribution in [0.2, 0.25) is 0 Å². The molecule has 0 saturated heterocycles. The van der Waals surface area contributed by atoms with Crippen LogP contribution in [0.25, 0.3) is 10.2 Å². The summed E-state index contributed by atoms with van der Waals surface area (Å²) in [6.45, 7) is 5.55. The number of sulfonamides is 1. The Bertz CT molecular complexity index is 1200. The first-order chi connectivity index (χ1) is 15.7. The molecule has 0 spiro atoms. The van der Waals surface area contributed by atoms with E-state index in [4.69, 9.17) is 4.98 Å². The van der Waals surface area contributed by atoms with Crippen LogP contribution in [0.15, 0.2) is 52.3 Å². The van der Waals surface area contributed by atoms with E-state index in [1.165, 1.54) is 27.8 Å². The van der Waals surface area contributed by atoms with Gasteiger partial charge in [0.15, 0.2) is 5.13 Å². The average Bonchev–Trinajstić information content (AvgIpc) is 3.22. The van der Waals surface area contributed by atoms with E-state index in [1.54, 1.807) is 28.8 Å². The summed E-state index contributed by atoms with van der Waals surface area (Å²) in [6, 6.07) is 12.3. The fraction of sp³-hybridized carbons (Fsp3) is 0.391. The van der Waals surface area contributed by atoms with Gasteiger partial charge < -0.3 is 4.90 Å². The third-order valence-electron chi connectivity index (χ3n) is 5.28. The number of aromatic nitrogens is 1. The molecule has 0 aliphatic heterocycles. The molecule has 0 N–H and O–H groups in total. The zero-order valence-electron chi connectivity index (χ0n) is 19.6. The second kappa shape index (κ2) is 11.0. The Balaban J connectivity index is 1.94. The number of rotatable bonds is 10. The summed E-state index contributed by atoms with van der Waals surface area (Å²) in [5, 5.41) is 0.634. The van der Waals surface area contributed by atoms with Crippen LogP contribution in [0.3, 0.4) is 0 Å². The van der Waals surface area contributed by atoms with E-state index in [0.29, 0.717) is 36.9 Å². The van der Waals surface area contributed by atoms with Crippen LogP contribution in [0, 0.1) is 0 Å². The van der Waals surface area contributed by atoms with Gasteiger partial charge >= 0.3 is 0 Å². The summed E-state index contributed by atoms with van der Waals surface area (Å²) >= 11 is 3.15. The molecule has 178 valence electrons. The van der Waals surface area contributed by atoms with Crippen molar-refractivity contribution in [1.82, 2.24) is 14.2 Å². The molecule has 7 nitrogen and oxygen atoms in total. The number of hydrogen-bond donors (Lipinski definition) is 0. The standard InChI is InChI=1S/C23H30N4O3S3/c1-6-26(7-2)33(29,30)19-11-8-17(9-12-19)22(28)27(15-14-25(3)4)23-24-20-13-10-18(31-5)16-21(20)32-23/h8-13,16H,6-7,14-15H2,1-5H3.